The van der Waals surface area contributed by atoms with Crippen molar-refractivity contribution in [1.82, 2.24) is 24.2 Å². The van der Waals surface area contributed by atoms with Gasteiger partial charge in [-0.1, -0.05) is 26.3 Å². The molecule has 4 rings (SSSR count). The van der Waals surface area contributed by atoms with Crippen molar-refractivity contribution in [3.05, 3.63) is 86.8 Å². The Balaban J connectivity index is 1.91. The molecule has 244 valence electrons. The van der Waals surface area contributed by atoms with Crippen LogP contribution in [0.2, 0.25) is 0 Å². The van der Waals surface area contributed by atoms with E-state index in [0.29, 0.717) is 47.4 Å². The van der Waals surface area contributed by atoms with Gasteiger partial charge in [-0.2, -0.15) is 23.5 Å². The number of benzene rings is 2. The maximum Gasteiger partial charge on any atom is 0.419 e. The van der Waals surface area contributed by atoms with E-state index in [9.17, 15) is 40.8 Å². The number of hydrogen-bond donors (Lipinski definition) is 0. The molecule has 2 aromatic heterocycles. The van der Waals surface area contributed by atoms with E-state index in [2.05, 4.69) is 5.10 Å². The fraction of sp³-hybridized carbons (Fsp3) is 0.387. The summed E-state index contributed by atoms with van der Waals surface area (Å²) in [7, 11) is -2.02. The number of fused-ring (bicyclic) bond motifs is 1. The van der Waals surface area contributed by atoms with Gasteiger partial charge in [-0.3, -0.25) is 18.8 Å². The number of alkyl halides is 3. The lowest BCUT2D eigenvalue weighted by molar-refractivity contribution is -0.140. The van der Waals surface area contributed by atoms with Gasteiger partial charge in [0.15, 0.2) is 15.4 Å². The third-order valence-electron chi connectivity index (χ3n) is 7.63. The Morgan fingerprint density at radius 2 is 1.80 bits per heavy atom. The summed E-state index contributed by atoms with van der Waals surface area (Å²) in [5.74, 6) is -2.89. The second-order valence-corrected chi connectivity index (χ2v) is 13.2. The molecule has 1 amide bonds. The van der Waals surface area contributed by atoms with Crippen molar-refractivity contribution in [2.45, 2.75) is 52.3 Å². The number of aryl methyl sites for hydroxylation is 2. The number of carbonyl (C=O) groups excluding carboxylic acids is 1. The number of aromatic nitrogens is 4. The number of halogens is 4. The molecule has 0 aliphatic rings. The lowest BCUT2D eigenvalue weighted by Crippen LogP contribution is -2.41. The summed E-state index contributed by atoms with van der Waals surface area (Å²) in [6, 6.07) is 9.18. The monoisotopic (exact) mass is 660 g/mol. The van der Waals surface area contributed by atoms with Crippen LogP contribution in [-0.2, 0) is 40.7 Å². The molecular weight excluding hydrogens is 628 g/mol. The molecule has 46 heavy (non-hydrogen) atoms. The first-order valence-electron chi connectivity index (χ1n) is 14.5. The van der Waals surface area contributed by atoms with E-state index in [-0.39, 0.29) is 29.2 Å². The molecule has 0 saturated carbocycles. The normalized spacial score (nSPS) is 12.7. The fourth-order valence-electron chi connectivity index (χ4n) is 5.15. The van der Waals surface area contributed by atoms with E-state index in [1.165, 1.54) is 47.4 Å². The topological polar surface area (TPSA) is 131 Å². The van der Waals surface area contributed by atoms with Crippen LogP contribution in [0, 0.1) is 17.1 Å². The van der Waals surface area contributed by atoms with Crippen LogP contribution in [0.25, 0.3) is 16.7 Å². The van der Waals surface area contributed by atoms with Crippen molar-refractivity contribution >= 4 is 26.8 Å². The number of nitrogens with zero attached hydrogens (tertiary/aromatic N) is 6. The van der Waals surface area contributed by atoms with Crippen molar-refractivity contribution in [2.75, 3.05) is 18.1 Å². The van der Waals surface area contributed by atoms with Crippen LogP contribution in [0.3, 0.4) is 0 Å². The van der Waals surface area contributed by atoms with Crippen LogP contribution in [0.15, 0.2) is 47.3 Å². The van der Waals surface area contributed by atoms with Gasteiger partial charge in [-0.05, 0) is 55.3 Å². The molecule has 0 aliphatic carbocycles. The zero-order valence-electron chi connectivity index (χ0n) is 25.6. The molecule has 0 N–H and O–H groups in total. The molecular formula is C31H32F4N6O4S. The zero-order chi connectivity index (χ0) is 34.0. The van der Waals surface area contributed by atoms with Gasteiger partial charge in [0.2, 0.25) is 5.91 Å². The van der Waals surface area contributed by atoms with E-state index in [1.54, 1.807) is 7.05 Å². The number of amides is 1. The molecule has 15 heteroatoms. The average molecular weight is 661 g/mol. The highest BCUT2D eigenvalue weighted by Crippen LogP contribution is 2.32. The van der Waals surface area contributed by atoms with E-state index in [1.807, 2.05) is 13.0 Å². The number of nitriles is 1. The quantitative estimate of drug-likeness (QED) is 0.214. The van der Waals surface area contributed by atoms with Crippen LogP contribution in [0.1, 0.15) is 61.4 Å². The minimum Gasteiger partial charge on any atom is -0.331 e. The third kappa shape index (κ3) is 7.12. The van der Waals surface area contributed by atoms with E-state index in [4.69, 9.17) is 4.98 Å². The minimum atomic E-state index is -5.00. The van der Waals surface area contributed by atoms with Gasteiger partial charge in [-0.15, -0.1) is 0 Å². The summed E-state index contributed by atoms with van der Waals surface area (Å²) >= 11 is 0. The van der Waals surface area contributed by atoms with Crippen LogP contribution >= 0.6 is 0 Å². The maximum absolute atomic E-state index is 14.1. The number of carbonyl (C=O) groups is 1. The summed E-state index contributed by atoms with van der Waals surface area (Å²) in [5.41, 5.74) is -0.562. The van der Waals surface area contributed by atoms with Crippen LogP contribution in [0.5, 0.6) is 0 Å². The molecule has 0 aliphatic heterocycles. The standard InChI is InChI=1S/C31H32F4N6O4S/c1-5-7-25-27-28(39(4)38-25)30(43)41(22-11-8-20(18-36)9-12-22)29(37-27)19(3)40(14-15-46(44,45)6-2)26(42)17-21-10-13-24(32)23(16-21)31(33,34)35/h8-13,16,19H,5-7,14-15,17H2,1-4H3/t19-/m1/s1. The number of hydrogen-bond acceptors (Lipinski definition) is 7. The highest BCUT2D eigenvalue weighted by molar-refractivity contribution is 7.91. The van der Waals surface area contributed by atoms with Gasteiger partial charge in [0.25, 0.3) is 5.56 Å². The van der Waals surface area contributed by atoms with E-state index in [0.717, 1.165) is 11.0 Å². The zero-order valence-corrected chi connectivity index (χ0v) is 26.4. The summed E-state index contributed by atoms with van der Waals surface area (Å²) < 4.78 is 81.9. The largest absolute Gasteiger partial charge is 0.419 e. The van der Waals surface area contributed by atoms with E-state index >= 15 is 0 Å². The van der Waals surface area contributed by atoms with Crippen LogP contribution < -0.4 is 5.56 Å². The predicted molar refractivity (Wildman–Crippen MR) is 162 cm³/mol. The van der Waals surface area contributed by atoms with Gasteiger partial charge in [0.1, 0.15) is 17.2 Å². The van der Waals surface area contributed by atoms with Crippen LogP contribution in [0.4, 0.5) is 17.6 Å². The molecule has 1 atom stereocenters. The summed E-state index contributed by atoms with van der Waals surface area (Å²) in [5, 5.41) is 13.8. The maximum atomic E-state index is 14.1. The van der Waals surface area contributed by atoms with Gasteiger partial charge in [0.05, 0.1) is 46.8 Å². The van der Waals surface area contributed by atoms with Gasteiger partial charge in [-0.25, -0.2) is 17.8 Å². The van der Waals surface area contributed by atoms with Gasteiger partial charge in [0, 0.05) is 19.3 Å². The molecule has 2 aromatic carbocycles. The minimum absolute atomic E-state index is 0.0462. The Labute approximate surface area is 262 Å². The number of rotatable bonds is 11. The molecule has 0 radical (unpaired) electrons. The lowest BCUT2D eigenvalue weighted by atomic mass is 10.1. The highest BCUT2D eigenvalue weighted by atomic mass is 32.2. The van der Waals surface area contributed by atoms with Gasteiger partial charge < -0.3 is 4.90 Å². The summed E-state index contributed by atoms with van der Waals surface area (Å²) in [4.78, 5) is 33.9. The molecule has 0 unspecified atom stereocenters. The Kier molecular flexibility index (Phi) is 10.0. The smallest absolute Gasteiger partial charge is 0.331 e. The van der Waals surface area contributed by atoms with Crippen molar-refractivity contribution < 1.29 is 30.8 Å². The fourth-order valence-corrected chi connectivity index (χ4v) is 5.91. The van der Waals surface area contributed by atoms with Gasteiger partial charge >= 0.3 is 6.18 Å². The molecule has 0 spiro atoms. The van der Waals surface area contributed by atoms with E-state index < -0.39 is 57.1 Å². The second-order valence-electron chi connectivity index (χ2n) is 10.8. The average Bonchev–Trinajstić information content (AvgIpc) is 3.32. The lowest BCUT2D eigenvalue weighted by Gasteiger charge is -2.30. The SMILES string of the molecule is CCCc1nn(C)c2c(=O)n(-c3ccc(C#N)cc3)c([C@@H](C)N(CCS(=O)(=O)CC)C(=O)Cc3ccc(F)c(C(F)(F)F)c3)nc12. The van der Waals surface area contributed by atoms with Crippen molar-refractivity contribution in [2.24, 2.45) is 7.05 Å². The van der Waals surface area contributed by atoms with Crippen molar-refractivity contribution in [3.63, 3.8) is 0 Å². The summed E-state index contributed by atoms with van der Waals surface area (Å²) in [6.07, 6.45) is -4.44. The molecule has 10 nitrogen and oxygen atoms in total. The third-order valence-corrected chi connectivity index (χ3v) is 9.31. The van der Waals surface area contributed by atoms with Crippen LogP contribution in [-0.4, -0.2) is 56.6 Å². The Morgan fingerprint density at radius 1 is 1.13 bits per heavy atom. The first-order chi connectivity index (χ1) is 21.6. The molecule has 0 fully saturated rings. The Bertz CT molecular complexity index is 1980. The Morgan fingerprint density at radius 3 is 2.39 bits per heavy atom. The molecule has 0 bridgehead atoms. The van der Waals surface area contributed by atoms with Crippen molar-refractivity contribution in [3.8, 4) is 11.8 Å². The summed E-state index contributed by atoms with van der Waals surface area (Å²) in [6.45, 7) is 4.54. The molecule has 2 heterocycles. The Hall–Kier alpha value is -4.58. The first-order valence-corrected chi connectivity index (χ1v) is 16.3. The molecule has 4 aromatic rings. The highest BCUT2D eigenvalue weighted by Gasteiger charge is 2.35. The molecule has 0 saturated heterocycles. The van der Waals surface area contributed by atoms with Crippen molar-refractivity contribution in [1.29, 1.82) is 5.26 Å². The second kappa shape index (κ2) is 13.4. The number of sulfone groups is 1. The first kappa shape index (κ1) is 34.3. The predicted octanol–water partition coefficient (Wildman–Crippen LogP) is 4.67.